The van der Waals surface area contributed by atoms with Crippen LogP contribution in [-0.4, -0.2) is 31.0 Å². The lowest BCUT2D eigenvalue weighted by atomic mass is 10.1. The predicted octanol–water partition coefficient (Wildman–Crippen LogP) is 4.63. The molecule has 0 aliphatic carbocycles. The molecule has 0 aliphatic heterocycles. The van der Waals surface area contributed by atoms with Gasteiger partial charge in [0.25, 0.3) is 11.8 Å². The van der Waals surface area contributed by atoms with Crippen LogP contribution in [0.25, 0.3) is 10.9 Å². The van der Waals surface area contributed by atoms with Crippen molar-refractivity contribution >= 4 is 22.7 Å². The number of hydrogen-bond donors (Lipinski definition) is 2. The summed E-state index contributed by atoms with van der Waals surface area (Å²) in [5, 5.41) is 6.36. The van der Waals surface area contributed by atoms with Gasteiger partial charge in [-0.25, -0.2) is 0 Å². The lowest BCUT2D eigenvalue weighted by Crippen LogP contribution is -2.24. The van der Waals surface area contributed by atoms with Crippen molar-refractivity contribution in [1.82, 2.24) is 15.6 Å². The maximum absolute atomic E-state index is 12.9. The Hall–Kier alpha value is -4.39. The number of nitrogens with one attached hydrogen (secondary N) is 2. The van der Waals surface area contributed by atoms with Gasteiger partial charge in [0.1, 0.15) is 17.2 Å². The third-order valence-electron chi connectivity index (χ3n) is 5.55. The summed E-state index contributed by atoms with van der Waals surface area (Å²) in [6.45, 7) is 2.20. The van der Waals surface area contributed by atoms with Crippen LogP contribution in [-0.2, 0) is 6.54 Å². The maximum Gasteiger partial charge on any atom is 0.251 e. The molecule has 34 heavy (non-hydrogen) atoms. The number of hydrogen-bond acceptors (Lipinski definition) is 5. The van der Waals surface area contributed by atoms with E-state index in [2.05, 4.69) is 15.6 Å². The van der Waals surface area contributed by atoms with Gasteiger partial charge in [0.05, 0.1) is 12.6 Å². The molecular formula is C27H25N3O4. The van der Waals surface area contributed by atoms with Crippen LogP contribution in [0, 0.1) is 6.92 Å². The quantitative estimate of drug-likeness (QED) is 0.424. The zero-order valence-electron chi connectivity index (χ0n) is 19.2. The molecule has 0 bridgehead atoms. The van der Waals surface area contributed by atoms with Crippen LogP contribution in [0.4, 0.5) is 0 Å². The molecule has 4 rings (SSSR count). The minimum atomic E-state index is -0.206. The number of benzene rings is 3. The third-order valence-corrected chi connectivity index (χ3v) is 5.55. The molecule has 0 radical (unpaired) electrons. The zero-order chi connectivity index (χ0) is 24.1. The summed E-state index contributed by atoms with van der Waals surface area (Å²) in [7, 11) is 3.20. The van der Waals surface area contributed by atoms with E-state index in [1.807, 2.05) is 43.3 Å². The van der Waals surface area contributed by atoms with Crippen molar-refractivity contribution in [1.29, 1.82) is 0 Å². The summed E-state index contributed by atoms with van der Waals surface area (Å²) in [5.41, 5.74) is 3.48. The van der Waals surface area contributed by atoms with Gasteiger partial charge in [0.2, 0.25) is 0 Å². The summed E-state index contributed by atoms with van der Waals surface area (Å²) in [4.78, 5) is 29.0. The van der Waals surface area contributed by atoms with Crippen molar-refractivity contribution in [3.05, 3.63) is 95.2 Å². The first-order valence-corrected chi connectivity index (χ1v) is 10.8. The summed E-state index contributed by atoms with van der Waals surface area (Å²) in [5.74, 6) is 1.59. The largest absolute Gasteiger partial charge is 0.497 e. The van der Waals surface area contributed by atoms with E-state index in [0.29, 0.717) is 29.2 Å². The van der Waals surface area contributed by atoms with Gasteiger partial charge in [-0.3, -0.25) is 14.6 Å². The molecule has 2 N–H and O–H groups in total. The second-order valence-electron chi connectivity index (χ2n) is 7.68. The van der Waals surface area contributed by atoms with Crippen molar-refractivity contribution in [2.24, 2.45) is 0 Å². The summed E-state index contributed by atoms with van der Waals surface area (Å²) in [6.07, 6.45) is 1.68. The van der Waals surface area contributed by atoms with Crippen LogP contribution >= 0.6 is 0 Å². The molecule has 4 aromatic rings. The molecule has 0 saturated heterocycles. The van der Waals surface area contributed by atoms with E-state index in [1.54, 1.807) is 50.7 Å². The Balaban J connectivity index is 1.50. The number of pyridine rings is 1. The fourth-order valence-corrected chi connectivity index (χ4v) is 3.60. The van der Waals surface area contributed by atoms with Crippen molar-refractivity contribution in [3.8, 4) is 17.2 Å². The van der Waals surface area contributed by atoms with Gasteiger partial charge in [0, 0.05) is 47.9 Å². The van der Waals surface area contributed by atoms with Crippen LogP contribution in [0.15, 0.2) is 72.9 Å². The molecular weight excluding hydrogens is 430 g/mol. The lowest BCUT2D eigenvalue weighted by Gasteiger charge is -2.14. The summed E-state index contributed by atoms with van der Waals surface area (Å²) >= 11 is 0. The molecule has 7 heteroatoms. The molecule has 2 amide bonds. The molecule has 172 valence electrons. The highest BCUT2D eigenvalue weighted by atomic mass is 16.5. The second-order valence-corrected chi connectivity index (χ2v) is 7.68. The Morgan fingerprint density at radius 1 is 0.941 bits per heavy atom. The number of methoxy groups -OCH3 is 1. The van der Waals surface area contributed by atoms with Gasteiger partial charge in [0.15, 0.2) is 0 Å². The van der Waals surface area contributed by atoms with Crippen LogP contribution in [0.2, 0.25) is 0 Å². The zero-order valence-corrected chi connectivity index (χ0v) is 19.2. The molecule has 0 spiro atoms. The van der Waals surface area contributed by atoms with E-state index in [9.17, 15) is 9.59 Å². The standard InChI is InChI=1S/C27H25N3O4/c1-17-21(27(32)30-16-18-7-9-19(10-8-18)26(31)28-2)5-4-6-24(17)34-25-13-14-29-23-15-20(33-3)11-12-22(23)25/h4-15H,16H2,1-3H3,(H,28,31)(H,30,32). The van der Waals surface area contributed by atoms with E-state index < -0.39 is 0 Å². The molecule has 0 aliphatic rings. The fourth-order valence-electron chi connectivity index (χ4n) is 3.60. The van der Waals surface area contributed by atoms with Crippen LogP contribution < -0.4 is 20.1 Å². The van der Waals surface area contributed by atoms with Gasteiger partial charge in [-0.2, -0.15) is 0 Å². The predicted molar refractivity (Wildman–Crippen MR) is 131 cm³/mol. The van der Waals surface area contributed by atoms with Gasteiger partial charge < -0.3 is 20.1 Å². The van der Waals surface area contributed by atoms with E-state index in [0.717, 1.165) is 27.8 Å². The van der Waals surface area contributed by atoms with Gasteiger partial charge >= 0.3 is 0 Å². The molecule has 3 aromatic carbocycles. The third kappa shape index (κ3) is 4.83. The monoisotopic (exact) mass is 455 g/mol. The highest BCUT2D eigenvalue weighted by Crippen LogP contribution is 2.33. The first-order valence-electron chi connectivity index (χ1n) is 10.8. The van der Waals surface area contributed by atoms with Crippen molar-refractivity contribution in [2.45, 2.75) is 13.5 Å². The molecule has 0 atom stereocenters. The summed E-state index contributed by atoms with van der Waals surface area (Å²) < 4.78 is 11.5. The van der Waals surface area contributed by atoms with Gasteiger partial charge in [-0.15, -0.1) is 0 Å². The molecule has 1 heterocycles. The number of aromatic nitrogens is 1. The number of nitrogens with zero attached hydrogens (tertiary/aromatic N) is 1. The Morgan fingerprint density at radius 3 is 2.47 bits per heavy atom. The topological polar surface area (TPSA) is 89.6 Å². The SMILES string of the molecule is CNC(=O)c1ccc(CNC(=O)c2cccc(Oc3ccnc4cc(OC)ccc34)c2C)cc1. The Bertz CT molecular complexity index is 1350. The maximum atomic E-state index is 12.9. The Labute approximate surface area is 197 Å². The fraction of sp³-hybridized carbons (Fsp3) is 0.148. The van der Waals surface area contributed by atoms with Crippen molar-refractivity contribution in [3.63, 3.8) is 0 Å². The molecule has 1 aromatic heterocycles. The average molecular weight is 456 g/mol. The van der Waals surface area contributed by atoms with Crippen LogP contribution in [0.5, 0.6) is 17.2 Å². The number of fused-ring (bicyclic) bond motifs is 1. The number of carbonyl (C=O) groups is 2. The van der Waals surface area contributed by atoms with E-state index in [1.165, 1.54) is 0 Å². The van der Waals surface area contributed by atoms with Gasteiger partial charge in [-0.1, -0.05) is 18.2 Å². The van der Waals surface area contributed by atoms with Crippen LogP contribution in [0.3, 0.4) is 0 Å². The molecule has 7 nitrogen and oxygen atoms in total. The number of ether oxygens (including phenoxy) is 2. The normalized spacial score (nSPS) is 10.6. The van der Waals surface area contributed by atoms with E-state index in [-0.39, 0.29) is 11.8 Å². The molecule has 0 fully saturated rings. The highest BCUT2D eigenvalue weighted by molar-refractivity contribution is 5.96. The first kappa shape index (κ1) is 22.8. The number of rotatable bonds is 7. The van der Waals surface area contributed by atoms with Gasteiger partial charge in [-0.05, 0) is 55.0 Å². The van der Waals surface area contributed by atoms with Crippen LogP contribution in [0.1, 0.15) is 31.8 Å². The van der Waals surface area contributed by atoms with E-state index >= 15 is 0 Å². The summed E-state index contributed by atoms with van der Waals surface area (Å²) in [6, 6.07) is 19.9. The van der Waals surface area contributed by atoms with E-state index in [4.69, 9.17) is 9.47 Å². The van der Waals surface area contributed by atoms with Crippen molar-refractivity contribution in [2.75, 3.05) is 14.2 Å². The Kier molecular flexibility index (Phi) is 6.73. The molecule has 0 unspecified atom stereocenters. The minimum absolute atomic E-state index is 0.149. The smallest absolute Gasteiger partial charge is 0.251 e. The minimum Gasteiger partial charge on any atom is -0.497 e. The second kappa shape index (κ2) is 10.0. The Morgan fingerprint density at radius 2 is 1.74 bits per heavy atom. The number of carbonyl (C=O) groups excluding carboxylic acids is 2. The number of amides is 2. The first-order chi connectivity index (χ1) is 16.5. The highest BCUT2D eigenvalue weighted by Gasteiger charge is 2.14. The average Bonchev–Trinajstić information content (AvgIpc) is 2.88. The lowest BCUT2D eigenvalue weighted by molar-refractivity contribution is 0.0945. The van der Waals surface area contributed by atoms with Crippen molar-refractivity contribution < 1.29 is 19.1 Å². The molecule has 0 saturated carbocycles.